The zero-order valence-corrected chi connectivity index (χ0v) is 16.8. The molecule has 146 valence electrons. The molecule has 2 amide bonds. The number of amides is 2. The van der Waals surface area contributed by atoms with Crippen LogP contribution < -0.4 is 20.9 Å². The molecule has 28 heavy (non-hydrogen) atoms. The molecule has 2 aromatic carbocycles. The first-order valence-electron chi connectivity index (χ1n) is 8.57. The normalized spacial score (nSPS) is 10.4. The average Bonchev–Trinajstić information content (AvgIpc) is 2.70. The summed E-state index contributed by atoms with van der Waals surface area (Å²) in [6, 6.07) is 14.0. The lowest BCUT2D eigenvalue weighted by molar-refractivity contribution is -0.115. The van der Waals surface area contributed by atoms with Gasteiger partial charge in [0.2, 0.25) is 5.91 Å². The van der Waals surface area contributed by atoms with E-state index in [2.05, 4.69) is 16.2 Å². The van der Waals surface area contributed by atoms with E-state index < -0.39 is 11.8 Å². The van der Waals surface area contributed by atoms with Gasteiger partial charge in [-0.3, -0.25) is 25.8 Å². The zero-order chi connectivity index (χ0) is 20.4. The molecule has 0 radical (unpaired) electrons. The van der Waals surface area contributed by atoms with Crippen molar-refractivity contribution in [2.24, 2.45) is 0 Å². The molecule has 0 atom stereocenters. The van der Waals surface area contributed by atoms with Crippen LogP contribution in [0.25, 0.3) is 6.08 Å². The summed E-state index contributed by atoms with van der Waals surface area (Å²) in [7, 11) is 0. The van der Waals surface area contributed by atoms with E-state index >= 15 is 0 Å². The lowest BCUT2D eigenvalue weighted by atomic mass is 10.2. The molecule has 0 unspecified atom stereocenters. The van der Waals surface area contributed by atoms with Crippen LogP contribution in [0.5, 0.6) is 5.75 Å². The zero-order valence-electron chi connectivity index (χ0n) is 15.2. The molecular formula is C20H20ClN3O3S. The highest BCUT2D eigenvalue weighted by molar-refractivity contribution is 7.80. The van der Waals surface area contributed by atoms with Crippen molar-refractivity contribution in [2.45, 2.75) is 13.3 Å². The minimum absolute atomic E-state index is 0.0471. The van der Waals surface area contributed by atoms with Gasteiger partial charge in [0.25, 0.3) is 5.91 Å². The van der Waals surface area contributed by atoms with Crippen molar-refractivity contribution >= 4 is 46.8 Å². The van der Waals surface area contributed by atoms with Crippen molar-refractivity contribution in [3.05, 3.63) is 70.8 Å². The van der Waals surface area contributed by atoms with E-state index in [-0.39, 0.29) is 5.11 Å². The number of nitrogens with one attached hydrogen (secondary N) is 3. The third-order valence-corrected chi connectivity index (χ3v) is 3.99. The summed E-state index contributed by atoms with van der Waals surface area (Å²) in [6.45, 7) is 2.48. The van der Waals surface area contributed by atoms with Gasteiger partial charge in [0.05, 0.1) is 12.2 Å². The van der Waals surface area contributed by atoms with E-state index in [1.807, 2.05) is 13.0 Å². The topological polar surface area (TPSA) is 79.5 Å². The molecule has 0 fully saturated rings. The lowest BCUT2D eigenvalue weighted by Gasteiger charge is -2.12. The monoisotopic (exact) mass is 417 g/mol. The van der Waals surface area contributed by atoms with Crippen LogP contribution >= 0.6 is 23.8 Å². The Bertz CT molecular complexity index is 887. The quantitative estimate of drug-likeness (QED) is 0.381. The van der Waals surface area contributed by atoms with Gasteiger partial charge < -0.3 is 4.74 Å². The predicted octanol–water partition coefficient (Wildman–Crippen LogP) is 3.48. The largest absolute Gasteiger partial charge is 0.493 e. The Balaban J connectivity index is 1.86. The molecule has 0 saturated carbocycles. The van der Waals surface area contributed by atoms with Crippen LogP contribution in [0.1, 0.15) is 29.3 Å². The van der Waals surface area contributed by atoms with E-state index in [0.717, 1.165) is 6.42 Å². The van der Waals surface area contributed by atoms with E-state index in [0.29, 0.717) is 28.5 Å². The fraction of sp³-hybridized carbons (Fsp3) is 0.150. The number of hydrogen-bond donors (Lipinski definition) is 3. The number of hydrogen-bond acceptors (Lipinski definition) is 4. The maximum absolute atomic E-state index is 12.3. The number of thiocarbonyl (C=S) groups is 1. The molecule has 2 aromatic rings. The first-order chi connectivity index (χ1) is 13.5. The number of carbonyl (C=O) groups is 2. The second kappa shape index (κ2) is 11.1. The summed E-state index contributed by atoms with van der Waals surface area (Å²) in [5.74, 6) is -0.422. The number of rotatable bonds is 6. The number of carbonyl (C=O) groups excluding carboxylic acids is 2. The van der Waals surface area contributed by atoms with Crippen molar-refractivity contribution in [3.8, 4) is 5.75 Å². The molecule has 0 aliphatic carbocycles. The first kappa shape index (κ1) is 21.4. The minimum Gasteiger partial charge on any atom is -0.493 e. The Morgan fingerprint density at radius 3 is 2.57 bits per heavy atom. The summed E-state index contributed by atoms with van der Waals surface area (Å²) in [6.07, 6.45) is 3.69. The van der Waals surface area contributed by atoms with E-state index in [1.165, 1.54) is 6.08 Å². The summed E-state index contributed by atoms with van der Waals surface area (Å²) < 4.78 is 5.55. The number of ether oxygens (including phenoxy) is 1. The number of halogens is 1. The van der Waals surface area contributed by atoms with Gasteiger partial charge in [0.15, 0.2) is 5.11 Å². The van der Waals surface area contributed by atoms with Gasteiger partial charge in [-0.25, -0.2) is 0 Å². The third-order valence-electron chi connectivity index (χ3n) is 3.44. The Kier molecular flexibility index (Phi) is 8.45. The molecule has 2 rings (SSSR count). The van der Waals surface area contributed by atoms with Gasteiger partial charge in [-0.1, -0.05) is 48.9 Å². The van der Waals surface area contributed by atoms with Crippen LogP contribution in [0, 0.1) is 0 Å². The van der Waals surface area contributed by atoms with Crippen LogP contribution in [0.15, 0.2) is 54.6 Å². The minimum atomic E-state index is -0.460. The van der Waals surface area contributed by atoms with Gasteiger partial charge in [0, 0.05) is 11.1 Å². The molecule has 6 nitrogen and oxygen atoms in total. The summed E-state index contributed by atoms with van der Waals surface area (Å²) >= 11 is 11.0. The van der Waals surface area contributed by atoms with Gasteiger partial charge in [-0.15, -0.1) is 0 Å². The molecule has 0 saturated heterocycles. The Morgan fingerprint density at radius 2 is 1.82 bits per heavy atom. The van der Waals surface area contributed by atoms with Crippen LogP contribution in [0.2, 0.25) is 5.02 Å². The third kappa shape index (κ3) is 6.68. The smallest absolute Gasteiger partial charge is 0.273 e. The Hall–Kier alpha value is -2.90. The number of benzene rings is 2. The summed E-state index contributed by atoms with van der Waals surface area (Å²) in [5.41, 5.74) is 5.98. The standard InChI is InChI=1S/C20H20ClN3O3S/c1-2-13-27-17-10-6-4-8-15(17)19(26)23-24-20(28)22-18(25)12-11-14-7-3-5-9-16(14)21/h3-12H,2,13H2,1H3,(H,23,26)(H2,22,24,25,28). The fourth-order valence-corrected chi connectivity index (χ4v) is 2.48. The maximum Gasteiger partial charge on any atom is 0.273 e. The van der Waals surface area contributed by atoms with E-state index in [9.17, 15) is 9.59 Å². The maximum atomic E-state index is 12.3. The predicted molar refractivity (Wildman–Crippen MR) is 114 cm³/mol. The molecule has 0 aromatic heterocycles. The van der Waals surface area contributed by atoms with Crippen molar-refractivity contribution in [1.29, 1.82) is 0 Å². The van der Waals surface area contributed by atoms with Crippen molar-refractivity contribution < 1.29 is 14.3 Å². The first-order valence-corrected chi connectivity index (χ1v) is 9.35. The average molecular weight is 418 g/mol. The molecule has 0 spiro atoms. The Morgan fingerprint density at radius 1 is 1.11 bits per heavy atom. The molecule has 3 N–H and O–H groups in total. The van der Waals surface area contributed by atoms with Crippen molar-refractivity contribution in [1.82, 2.24) is 16.2 Å². The molecule has 0 bridgehead atoms. The highest BCUT2D eigenvalue weighted by Gasteiger charge is 2.12. The Labute approximate surface area is 173 Å². The molecule has 0 aliphatic heterocycles. The number of para-hydroxylation sites is 1. The molecule has 0 aliphatic rings. The second-order valence-electron chi connectivity index (χ2n) is 5.60. The molecule has 8 heteroatoms. The lowest BCUT2D eigenvalue weighted by Crippen LogP contribution is -2.48. The van der Waals surface area contributed by atoms with E-state index in [1.54, 1.807) is 48.5 Å². The van der Waals surface area contributed by atoms with Gasteiger partial charge >= 0.3 is 0 Å². The van der Waals surface area contributed by atoms with Crippen LogP contribution in [-0.4, -0.2) is 23.5 Å². The summed E-state index contributed by atoms with van der Waals surface area (Å²) in [5, 5.41) is 2.91. The van der Waals surface area contributed by atoms with Crippen LogP contribution in [-0.2, 0) is 4.79 Å². The SMILES string of the molecule is CCCOc1ccccc1C(=O)NNC(=S)NC(=O)C=Cc1ccccc1Cl. The van der Waals surface area contributed by atoms with E-state index in [4.69, 9.17) is 28.6 Å². The van der Waals surface area contributed by atoms with Crippen molar-refractivity contribution in [3.63, 3.8) is 0 Å². The van der Waals surface area contributed by atoms with Crippen molar-refractivity contribution in [2.75, 3.05) is 6.61 Å². The van der Waals surface area contributed by atoms with Gasteiger partial charge in [0.1, 0.15) is 5.75 Å². The van der Waals surface area contributed by atoms with Crippen LogP contribution in [0.3, 0.4) is 0 Å². The molecular weight excluding hydrogens is 398 g/mol. The van der Waals surface area contributed by atoms with Gasteiger partial charge in [-0.2, -0.15) is 0 Å². The number of hydrazine groups is 1. The highest BCUT2D eigenvalue weighted by atomic mass is 35.5. The highest BCUT2D eigenvalue weighted by Crippen LogP contribution is 2.18. The molecule has 0 heterocycles. The van der Waals surface area contributed by atoms with Crippen LogP contribution in [0.4, 0.5) is 0 Å². The van der Waals surface area contributed by atoms with Gasteiger partial charge in [-0.05, 0) is 48.5 Å². The summed E-state index contributed by atoms with van der Waals surface area (Å²) in [4.78, 5) is 24.2. The fourth-order valence-electron chi connectivity index (χ4n) is 2.13. The second-order valence-corrected chi connectivity index (χ2v) is 6.41.